The van der Waals surface area contributed by atoms with Gasteiger partial charge in [-0.2, -0.15) is 0 Å². The van der Waals surface area contributed by atoms with Crippen LogP contribution in [0.5, 0.6) is 0 Å². The number of benzene rings is 1. The van der Waals surface area contributed by atoms with Crippen LogP contribution in [0, 0.1) is 13.0 Å². The quantitative estimate of drug-likeness (QED) is 0.397. The zero-order chi connectivity index (χ0) is 16.7. The van der Waals surface area contributed by atoms with E-state index in [2.05, 4.69) is 89.1 Å². The van der Waals surface area contributed by atoms with Crippen molar-refractivity contribution in [3.63, 3.8) is 0 Å². The summed E-state index contributed by atoms with van der Waals surface area (Å²) in [7, 11) is -1.33. The third-order valence-corrected chi connectivity index (χ3v) is 6.51. The number of aryl methyl sites for hydroxylation is 1. The Morgan fingerprint density at radius 2 is 1.77 bits per heavy atom. The Morgan fingerprint density at radius 1 is 1.14 bits per heavy atom. The molecule has 0 saturated heterocycles. The van der Waals surface area contributed by atoms with E-state index in [4.69, 9.17) is 0 Å². The monoisotopic (exact) mass is 311 g/mol. The summed E-state index contributed by atoms with van der Waals surface area (Å²) in [5.74, 6) is 0.565. The van der Waals surface area contributed by atoms with Crippen molar-refractivity contribution in [1.82, 2.24) is 0 Å². The fourth-order valence-corrected chi connectivity index (χ4v) is 4.84. The van der Waals surface area contributed by atoms with Crippen molar-refractivity contribution in [3.8, 4) is 0 Å². The molecular formula is C20H29NSi. The summed E-state index contributed by atoms with van der Waals surface area (Å²) in [5.41, 5.74) is 5.39. The summed E-state index contributed by atoms with van der Waals surface area (Å²) in [5, 5.41) is 1.49. The molecule has 0 unspecified atom stereocenters. The van der Waals surface area contributed by atoms with Gasteiger partial charge >= 0.3 is 0 Å². The summed E-state index contributed by atoms with van der Waals surface area (Å²) < 4.78 is 2.05. The van der Waals surface area contributed by atoms with Crippen molar-refractivity contribution in [2.45, 2.75) is 53.3 Å². The molecule has 0 fully saturated rings. The molecule has 0 atom stereocenters. The Morgan fingerprint density at radius 3 is 2.27 bits per heavy atom. The highest BCUT2D eigenvalue weighted by Crippen LogP contribution is 2.33. The van der Waals surface area contributed by atoms with Gasteiger partial charge in [-0.3, -0.25) is 4.58 Å². The lowest BCUT2D eigenvalue weighted by molar-refractivity contribution is -0.418. The van der Waals surface area contributed by atoms with Crippen molar-refractivity contribution < 1.29 is 4.58 Å². The lowest BCUT2D eigenvalue weighted by Gasteiger charge is -2.29. The van der Waals surface area contributed by atoms with Gasteiger partial charge in [0, 0.05) is 0 Å². The fraction of sp³-hybridized carbons (Fsp3) is 0.400. The smallest absolute Gasteiger partial charge is 0.147 e. The van der Waals surface area contributed by atoms with Crippen molar-refractivity contribution in [3.05, 3.63) is 64.0 Å². The molecule has 1 aliphatic heterocycles. The van der Waals surface area contributed by atoms with Crippen molar-refractivity contribution in [1.29, 1.82) is 0 Å². The van der Waals surface area contributed by atoms with Crippen LogP contribution < -0.4 is 0 Å². The molecule has 1 aliphatic rings. The highest BCUT2D eigenvalue weighted by atomic mass is 28.3. The maximum atomic E-state index is 4.25. The summed E-state index contributed by atoms with van der Waals surface area (Å²) in [4.78, 5) is 0. The van der Waals surface area contributed by atoms with Crippen molar-refractivity contribution in [2.24, 2.45) is 0 Å². The van der Waals surface area contributed by atoms with E-state index >= 15 is 0 Å². The van der Waals surface area contributed by atoms with Gasteiger partial charge in [0.1, 0.15) is 12.2 Å². The maximum Gasteiger partial charge on any atom is 0.147 e. The van der Waals surface area contributed by atoms with Crippen LogP contribution in [0.2, 0.25) is 19.6 Å². The SMILES string of the molecule is C=[N+]1C=C([Si](C)(C)C)C(C)=C[C-]1c1ccc(C(C)C)cc1C. The van der Waals surface area contributed by atoms with E-state index in [9.17, 15) is 0 Å². The van der Waals surface area contributed by atoms with E-state index < -0.39 is 8.07 Å². The second kappa shape index (κ2) is 5.92. The van der Waals surface area contributed by atoms with Gasteiger partial charge in [-0.15, -0.1) is 6.07 Å². The molecule has 2 heteroatoms. The third-order valence-electron chi connectivity index (χ3n) is 4.37. The fourth-order valence-electron chi connectivity index (χ4n) is 3.04. The molecule has 0 aliphatic carbocycles. The Bertz CT molecular complexity index is 657. The molecule has 0 aromatic heterocycles. The van der Waals surface area contributed by atoms with E-state index in [1.807, 2.05) is 0 Å². The summed E-state index contributed by atoms with van der Waals surface area (Å²) in [6.45, 7) is 20.3. The largest absolute Gasteiger partial charge is 0.255 e. The molecule has 0 saturated carbocycles. The normalized spacial score (nSPS) is 16.0. The van der Waals surface area contributed by atoms with E-state index in [0.29, 0.717) is 5.92 Å². The van der Waals surface area contributed by atoms with Gasteiger partial charge in [0.15, 0.2) is 0 Å². The van der Waals surface area contributed by atoms with Gasteiger partial charge in [0.25, 0.3) is 0 Å². The van der Waals surface area contributed by atoms with Crippen LogP contribution in [0.25, 0.3) is 0 Å². The van der Waals surface area contributed by atoms with Crippen LogP contribution in [0.4, 0.5) is 0 Å². The molecule has 1 nitrogen and oxygen atoms in total. The topological polar surface area (TPSA) is 3.01 Å². The molecule has 0 bridgehead atoms. The molecular weight excluding hydrogens is 282 g/mol. The molecule has 22 heavy (non-hydrogen) atoms. The summed E-state index contributed by atoms with van der Waals surface area (Å²) in [6.07, 6.45) is 4.55. The Hall–Kier alpha value is -1.54. The predicted octanol–water partition coefficient (Wildman–Crippen LogP) is 5.43. The van der Waals surface area contributed by atoms with Gasteiger partial charge < -0.3 is 0 Å². The molecule has 0 N–H and O–H groups in total. The highest BCUT2D eigenvalue weighted by molar-refractivity contribution is 6.84. The zero-order valence-corrected chi connectivity index (χ0v) is 16.1. The standard InChI is InChI=1S/C20H29NSi/c1-14(2)17-9-10-18(15(3)11-17)19-12-16(4)20(13-21(19)5)22(6,7)8/h9-14H,5H2,1-4,6-8H3. The lowest BCUT2D eigenvalue weighted by Crippen LogP contribution is -2.29. The number of hydrogen-bond acceptors (Lipinski definition) is 0. The maximum absolute atomic E-state index is 4.25. The van der Waals surface area contributed by atoms with Crippen LogP contribution in [0.15, 0.2) is 41.2 Å². The van der Waals surface area contributed by atoms with Crippen molar-refractivity contribution >= 4 is 14.8 Å². The second-order valence-electron chi connectivity index (χ2n) is 7.70. The number of hydrogen-bond donors (Lipinski definition) is 0. The molecule has 1 aromatic rings. The van der Waals surface area contributed by atoms with E-state index in [1.54, 1.807) is 0 Å². The summed E-state index contributed by atoms with van der Waals surface area (Å²) >= 11 is 0. The molecule has 0 spiro atoms. The van der Waals surface area contributed by atoms with E-state index in [0.717, 1.165) is 0 Å². The van der Waals surface area contributed by atoms with Gasteiger partial charge in [-0.05, 0) is 22.8 Å². The average molecular weight is 312 g/mol. The number of allylic oxidation sites excluding steroid dienone is 2. The average Bonchev–Trinajstić information content (AvgIpc) is 2.39. The zero-order valence-electron chi connectivity index (χ0n) is 15.1. The van der Waals surface area contributed by atoms with Gasteiger partial charge in [0.05, 0.1) is 14.8 Å². The minimum Gasteiger partial charge on any atom is -0.255 e. The Labute approximate surface area is 137 Å². The summed E-state index contributed by atoms with van der Waals surface area (Å²) in [6, 6.07) is 8.00. The first kappa shape index (κ1) is 16.8. The van der Waals surface area contributed by atoms with E-state index in [1.165, 1.54) is 33.5 Å². The first-order valence-corrected chi connectivity index (χ1v) is 11.6. The molecule has 0 radical (unpaired) electrons. The van der Waals surface area contributed by atoms with Gasteiger partial charge in [0.2, 0.25) is 0 Å². The molecule has 118 valence electrons. The van der Waals surface area contributed by atoms with Crippen LogP contribution in [0.1, 0.15) is 43.4 Å². The highest BCUT2D eigenvalue weighted by Gasteiger charge is 2.27. The Balaban J connectivity index is 2.41. The second-order valence-corrected chi connectivity index (χ2v) is 12.7. The predicted molar refractivity (Wildman–Crippen MR) is 100 cm³/mol. The third kappa shape index (κ3) is 3.27. The Kier molecular flexibility index (Phi) is 4.53. The van der Waals surface area contributed by atoms with Crippen LogP contribution in [-0.2, 0) is 0 Å². The van der Waals surface area contributed by atoms with E-state index in [-0.39, 0.29) is 0 Å². The molecule has 0 amide bonds. The first-order chi connectivity index (χ1) is 10.1. The van der Waals surface area contributed by atoms with Crippen LogP contribution in [0.3, 0.4) is 0 Å². The van der Waals surface area contributed by atoms with Crippen LogP contribution in [-0.4, -0.2) is 19.4 Å². The lowest BCUT2D eigenvalue weighted by atomic mass is 9.93. The first-order valence-electron chi connectivity index (χ1n) is 8.10. The molecule has 2 rings (SSSR count). The van der Waals surface area contributed by atoms with Gasteiger partial charge in [-0.1, -0.05) is 76.2 Å². The number of rotatable bonds is 3. The van der Waals surface area contributed by atoms with Crippen molar-refractivity contribution in [2.75, 3.05) is 0 Å². The van der Waals surface area contributed by atoms with Crippen LogP contribution >= 0.6 is 0 Å². The minimum absolute atomic E-state index is 0.565. The van der Waals surface area contributed by atoms with Gasteiger partial charge in [-0.25, -0.2) is 0 Å². The molecule has 1 aromatic carbocycles. The minimum atomic E-state index is -1.33. The molecule has 1 heterocycles. The number of nitrogens with zero attached hydrogens (tertiary/aromatic N) is 1.